The van der Waals surface area contributed by atoms with Crippen molar-refractivity contribution in [2.45, 2.75) is 17.9 Å². The quantitative estimate of drug-likeness (QED) is 0.839. The summed E-state index contributed by atoms with van der Waals surface area (Å²) in [5, 5.41) is 0. The summed E-state index contributed by atoms with van der Waals surface area (Å²) < 4.78 is 39.5. The van der Waals surface area contributed by atoms with Gasteiger partial charge < -0.3 is 5.73 Å². The van der Waals surface area contributed by atoms with Crippen molar-refractivity contribution in [3.63, 3.8) is 0 Å². The number of sulfonamides is 1. The number of hydrogen-bond donors (Lipinski definition) is 1. The molecule has 0 aromatic heterocycles. The van der Waals surface area contributed by atoms with Gasteiger partial charge in [0.15, 0.2) is 0 Å². The van der Waals surface area contributed by atoms with Gasteiger partial charge in [-0.3, -0.25) is 0 Å². The molecule has 1 aliphatic rings. The molecule has 100 valence electrons. The van der Waals surface area contributed by atoms with Crippen LogP contribution in [0.3, 0.4) is 0 Å². The van der Waals surface area contributed by atoms with E-state index in [1.54, 1.807) is 11.8 Å². The van der Waals surface area contributed by atoms with Crippen LogP contribution in [-0.4, -0.2) is 36.8 Å². The number of nitrogens with zero attached hydrogens (tertiary/aromatic N) is 1. The van der Waals surface area contributed by atoms with E-state index in [2.05, 4.69) is 0 Å². The largest absolute Gasteiger partial charge is 0.396 e. The predicted molar refractivity (Wildman–Crippen MR) is 71.5 cm³/mol. The Hall–Kier alpha value is -0.790. The minimum atomic E-state index is -3.63. The first kappa shape index (κ1) is 13.6. The molecule has 1 heterocycles. The summed E-state index contributed by atoms with van der Waals surface area (Å²) in [4.78, 5) is -0.0343. The van der Waals surface area contributed by atoms with Crippen molar-refractivity contribution in [2.75, 3.05) is 23.8 Å². The van der Waals surface area contributed by atoms with Crippen molar-refractivity contribution < 1.29 is 12.8 Å². The smallest absolute Gasteiger partial charge is 0.243 e. The highest BCUT2D eigenvalue weighted by Crippen LogP contribution is 2.25. The highest BCUT2D eigenvalue weighted by atomic mass is 32.2. The lowest BCUT2D eigenvalue weighted by Gasteiger charge is -2.31. The van der Waals surface area contributed by atoms with Gasteiger partial charge in [0.05, 0.1) is 10.6 Å². The van der Waals surface area contributed by atoms with Crippen molar-refractivity contribution in [3.8, 4) is 0 Å². The van der Waals surface area contributed by atoms with Crippen LogP contribution in [-0.2, 0) is 10.0 Å². The van der Waals surface area contributed by atoms with Crippen LogP contribution >= 0.6 is 11.8 Å². The van der Waals surface area contributed by atoms with E-state index >= 15 is 0 Å². The molecule has 1 fully saturated rings. The predicted octanol–water partition coefficient (Wildman–Crippen LogP) is 1.53. The number of rotatable bonds is 2. The Morgan fingerprint density at radius 1 is 1.50 bits per heavy atom. The Morgan fingerprint density at radius 3 is 2.83 bits per heavy atom. The SMILES string of the molecule is CC1CSCCN1S(=O)(=O)c1ccc(N)c(F)c1. The molecular formula is C11H15FN2O2S2. The van der Waals surface area contributed by atoms with E-state index in [1.807, 2.05) is 6.92 Å². The number of nitrogens with two attached hydrogens (primary N) is 1. The fraction of sp³-hybridized carbons (Fsp3) is 0.455. The number of benzene rings is 1. The van der Waals surface area contributed by atoms with Gasteiger partial charge in [-0.05, 0) is 25.1 Å². The molecule has 0 saturated carbocycles. The summed E-state index contributed by atoms with van der Waals surface area (Å²) in [5.41, 5.74) is 5.31. The zero-order valence-corrected chi connectivity index (χ0v) is 11.6. The monoisotopic (exact) mass is 290 g/mol. The van der Waals surface area contributed by atoms with Gasteiger partial charge in [-0.25, -0.2) is 12.8 Å². The standard InChI is InChI=1S/C11H15FN2O2S2/c1-8-7-17-5-4-14(8)18(15,16)9-2-3-11(13)10(12)6-9/h2-3,6,8H,4-5,7,13H2,1H3. The van der Waals surface area contributed by atoms with E-state index < -0.39 is 15.8 Å². The number of hydrogen-bond acceptors (Lipinski definition) is 4. The molecule has 0 spiro atoms. The third kappa shape index (κ3) is 2.48. The molecule has 1 aliphatic heterocycles. The van der Waals surface area contributed by atoms with Crippen LogP contribution in [0.5, 0.6) is 0 Å². The van der Waals surface area contributed by atoms with Crippen LogP contribution in [0.2, 0.25) is 0 Å². The van der Waals surface area contributed by atoms with E-state index in [9.17, 15) is 12.8 Å². The maximum Gasteiger partial charge on any atom is 0.243 e. The second-order valence-corrected chi connectivity index (χ2v) is 7.26. The van der Waals surface area contributed by atoms with Gasteiger partial charge in [0.1, 0.15) is 5.82 Å². The van der Waals surface area contributed by atoms with Crippen molar-refractivity contribution in [2.24, 2.45) is 0 Å². The van der Waals surface area contributed by atoms with E-state index in [0.717, 1.165) is 17.6 Å². The fourth-order valence-corrected chi connectivity index (χ4v) is 4.74. The maximum atomic E-state index is 13.4. The third-order valence-corrected chi connectivity index (χ3v) is 6.08. The van der Waals surface area contributed by atoms with E-state index in [0.29, 0.717) is 6.54 Å². The van der Waals surface area contributed by atoms with Gasteiger partial charge in [-0.2, -0.15) is 16.1 Å². The summed E-state index contributed by atoms with van der Waals surface area (Å²) in [6, 6.07) is 3.54. The molecule has 1 unspecified atom stereocenters. The van der Waals surface area contributed by atoms with Crippen LogP contribution in [0.4, 0.5) is 10.1 Å². The lowest BCUT2D eigenvalue weighted by molar-refractivity contribution is 0.367. The first-order chi connectivity index (χ1) is 8.43. The molecule has 1 atom stereocenters. The van der Waals surface area contributed by atoms with Crippen molar-refractivity contribution in [1.29, 1.82) is 0 Å². The second kappa shape index (κ2) is 5.07. The molecular weight excluding hydrogens is 275 g/mol. The molecule has 4 nitrogen and oxygen atoms in total. The molecule has 7 heteroatoms. The van der Waals surface area contributed by atoms with Crippen LogP contribution in [0.25, 0.3) is 0 Å². The van der Waals surface area contributed by atoms with Gasteiger partial charge in [0.25, 0.3) is 0 Å². The van der Waals surface area contributed by atoms with Crippen molar-refractivity contribution in [1.82, 2.24) is 4.31 Å². The number of nitrogen functional groups attached to an aromatic ring is 1. The van der Waals surface area contributed by atoms with Crippen LogP contribution in [0.1, 0.15) is 6.92 Å². The molecule has 18 heavy (non-hydrogen) atoms. The number of anilines is 1. The summed E-state index contributed by atoms with van der Waals surface area (Å²) in [5.74, 6) is 0.827. The number of thioether (sulfide) groups is 1. The van der Waals surface area contributed by atoms with Gasteiger partial charge in [0.2, 0.25) is 10.0 Å². The highest BCUT2D eigenvalue weighted by Gasteiger charge is 2.31. The first-order valence-corrected chi connectivity index (χ1v) is 8.17. The minimum Gasteiger partial charge on any atom is -0.396 e. The normalized spacial score (nSPS) is 22.0. The molecule has 0 aliphatic carbocycles. The van der Waals surface area contributed by atoms with Gasteiger partial charge in [0, 0.05) is 24.1 Å². The molecule has 0 amide bonds. The van der Waals surface area contributed by atoms with E-state index in [1.165, 1.54) is 16.4 Å². The van der Waals surface area contributed by atoms with Crippen LogP contribution in [0, 0.1) is 5.82 Å². The summed E-state index contributed by atoms with van der Waals surface area (Å²) in [6.45, 7) is 2.32. The molecule has 2 rings (SSSR count). The van der Waals surface area contributed by atoms with Crippen molar-refractivity contribution in [3.05, 3.63) is 24.0 Å². The Labute approximate surface area is 110 Å². The molecule has 0 bridgehead atoms. The highest BCUT2D eigenvalue weighted by molar-refractivity contribution is 7.99. The maximum absolute atomic E-state index is 13.4. The fourth-order valence-electron chi connectivity index (χ4n) is 1.87. The average Bonchev–Trinajstić information content (AvgIpc) is 2.33. The van der Waals surface area contributed by atoms with E-state index in [-0.39, 0.29) is 16.6 Å². The topological polar surface area (TPSA) is 63.4 Å². The summed E-state index contributed by atoms with van der Waals surface area (Å²) in [6.07, 6.45) is 0. The Balaban J connectivity index is 2.37. The zero-order chi connectivity index (χ0) is 13.3. The Kier molecular flexibility index (Phi) is 3.84. The third-order valence-electron chi connectivity index (χ3n) is 2.89. The average molecular weight is 290 g/mol. The summed E-state index contributed by atoms with van der Waals surface area (Å²) >= 11 is 1.72. The zero-order valence-electron chi connectivity index (χ0n) is 9.97. The lowest BCUT2D eigenvalue weighted by atomic mass is 10.3. The van der Waals surface area contributed by atoms with Gasteiger partial charge in [-0.1, -0.05) is 0 Å². The lowest BCUT2D eigenvalue weighted by Crippen LogP contribution is -2.44. The Morgan fingerprint density at radius 2 is 2.22 bits per heavy atom. The molecule has 1 aromatic carbocycles. The minimum absolute atomic E-state index is 0.0343. The van der Waals surface area contributed by atoms with E-state index in [4.69, 9.17) is 5.73 Å². The molecule has 2 N–H and O–H groups in total. The number of halogens is 1. The van der Waals surface area contributed by atoms with Gasteiger partial charge >= 0.3 is 0 Å². The van der Waals surface area contributed by atoms with Crippen LogP contribution in [0.15, 0.2) is 23.1 Å². The first-order valence-electron chi connectivity index (χ1n) is 5.57. The molecule has 1 aromatic rings. The van der Waals surface area contributed by atoms with Crippen molar-refractivity contribution >= 4 is 27.5 Å². The van der Waals surface area contributed by atoms with Gasteiger partial charge in [-0.15, -0.1) is 0 Å². The molecule has 0 radical (unpaired) electrons. The Bertz CT molecular complexity index is 548. The summed E-state index contributed by atoms with van der Waals surface area (Å²) in [7, 11) is -3.63. The van der Waals surface area contributed by atoms with Crippen LogP contribution < -0.4 is 5.73 Å². The second-order valence-electron chi connectivity index (χ2n) is 4.22. The molecule has 1 saturated heterocycles.